The number of carbonyl (C=O) groups is 1. The number of hydrogen-bond acceptors (Lipinski definition) is 8. The summed E-state index contributed by atoms with van der Waals surface area (Å²) in [5, 5.41) is 13.0. The highest BCUT2D eigenvalue weighted by molar-refractivity contribution is 5.72. The van der Waals surface area contributed by atoms with Gasteiger partial charge in [-0.3, -0.25) is 9.69 Å². The van der Waals surface area contributed by atoms with Crippen molar-refractivity contribution >= 4 is 5.97 Å². The number of aromatic nitrogens is 2. The van der Waals surface area contributed by atoms with E-state index in [4.69, 9.17) is 23.8 Å². The Labute approximate surface area is 145 Å². The first-order valence-corrected chi connectivity index (χ1v) is 7.47. The summed E-state index contributed by atoms with van der Waals surface area (Å²) in [6.45, 7) is 1.80. The van der Waals surface area contributed by atoms with Crippen LogP contribution in [0.25, 0.3) is 11.4 Å². The molecule has 1 unspecified atom stereocenters. The van der Waals surface area contributed by atoms with Crippen molar-refractivity contribution in [2.45, 2.75) is 19.5 Å². The summed E-state index contributed by atoms with van der Waals surface area (Å²) in [5.74, 6) is 1.13. The predicted octanol–water partition coefficient (Wildman–Crippen LogP) is 1.67. The number of benzene rings is 1. The van der Waals surface area contributed by atoms with E-state index in [1.165, 1.54) is 21.3 Å². The van der Waals surface area contributed by atoms with Crippen LogP contribution in [0.2, 0.25) is 0 Å². The smallest absolute Gasteiger partial charge is 0.320 e. The second kappa shape index (κ2) is 7.84. The van der Waals surface area contributed by atoms with Gasteiger partial charge in [-0.1, -0.05) is 5.16 Å². The van der Waals surface area contributed by atoms with Crippen LogP contribution in [0.4, 0.5) is 0 Å². The Morgan fingerprint density at radius 3 is 2.32 bits per heavy atom. The molecule has 9 heteroatoms. The molecular formula is C16H21N3O6. The van der Waals surface area contributed by atoms with Gasteiger partial charge in [-0.25, -0.2) is 0 Å². The summed E-state index contributed by atoms with van der Waals surface area (Å²) in [4.78, 5) is 16.9. The van der Waals surface area contributed by atoms with E-state index in [0.717, 1.165) is 0 Å². The number of nitrogens with zero attached hydrogens (tertiary/aromatic N) is 3. The summed E-state index contributed by atoms with van der Waals surface area (Å²) < 4.78 is 21.1. The van der Waals surface area contributed by atoms with Gasteiger partial charge in [0.1, 0.15) is 6.04 Å². The van der Waals surface area contributed by atoms with Gasteiger partial charge in [-0.15, -0.1) is 0 Å². The molecule has 2 rings (SSSR count). The largest absolute Gasteiger partial charge is 0.493 e. The third kappa shape index (κ3) is 4.00. The van der Waals surface area contributed by atoms with Crippen molar-refractivity contribution in [1.29, 1.82) is 0 Å². The Hall–Kier alpha value is -2.81. The zero-order valence-electron chi connectivity index (χ0n) is 14.8. The first-order chi connectivity index (χ1) is 11.9. The van der Waals surface area contributed by atoms with Crippen LogP contribution in [0, 0.1) is 0 Å². The average molecular weight is 351 g/mol. The van der Waals surface area contributed by atoms with Crippen molar-refractivity contribution in [3.63, 3.8) is 0 Å². The van der Waals surface area contributed by atoms with Crippen molar-refractivity contribution in [2.24, 2.45) is 0 Å². The van der Waals surface area contributed by atoms with Gasteiger partial charge < -0.3 is 23.8 Å². The molecule has 136 valence electrons. The van der Waals surface area contributed by atoms with Crippen LogP contribution in [-0.4, -0.2) is 60.5 Å². The van der Waals surface area contributed by atoms with Crippen LogP contribution in [0.3, 0.4) is 0 Å². The minimum absolute atomic E-state index is 0.213. The highest BCUT2D eigenvalue weighted by Crippen LogP contribution is 2.40. The zero-order chi connectivity index (χ0) is 18.6. The molecule has 1 atom stereocenters. The second-order valence-corrected chi connectivity index (χ2v) is 5.36. The van der Waals surface area contributed by atoms with E-state index in [0.29, 0.717) is 34.5 Å². The highest BCUT2D eigenvalue weighted by Gasteiger charge is 2.21. The fraction of sp³-hybridized carbons (Fsp3) is 0.438. The van der Waals surface area contributed by atoms with Crippen LogP contribution >= 0.6 is 0 Å². The van der Waals surface area contributed by atoms with Gasteiger partial charge in [-0.05, 0) is 26.1 Å². The fourth-order valence-electron chi connectivity index (χ4n) is 2.19. The SMILES string of the molecule is COc1cc(-c2noc(CN(C)C(C)C(=O)O)n2)cc(OC)c1OC. The van der Waals surface area contributed by atoms with Gasteiger partial charge in [0.05, 0.1) is 27.9 Å². The highest BCUT2D eigenvalue weighted by atomic mass is 16.5. The van der Waals surface area contributed by atoms with Gasteiger partial charge >= 0.3 is 5.97 Å². The van der Waals surface area contributed by atoms with E-state index in [1.54, 1.807) is 31.0 Å². The van der Waals surface area contributed by atoms with E-state index in [1.807, 2.05) is 0 Å². The normalized spacial score (nSPS) is 12.1. The van der Waals surface area contributed by atoms with Crippen LogP contribution in [0.1, 0.15) is 12.8 Å². The second-order valence-electron chi connectivity index (χ2n) is 5.36. The minimum atomic E-state index is -0.924. The van der Waals surface area contributed by atoms with E-state index in [9.17, 15) is 4.79 Å². The van der Waals surface area contributed by atoms with Gasteiger partial charge in [0.2, 0.25) is 17.5 Å². The summed E-state index contributed by atoms with van der Waals surface area (Å²) in [6.07, 6.45) is 0. The van der Waals surface area contributed by atoms with E-state index in [-0.39, 0.29) is 6.54 Å². The standard InChI is InChI=1S/C16H21N3O6/c1-9(16(20)21)19(2)8-13-17-15(18-25-13)10-6-11(22-3)14(24-5)12(7-10)23-4/h6-7,9H,8H2,1-5H3,(H,20,21). The van der Waals surface area contributed by atoms with E-state index in [2.05, 4.69) is 10.1 Å². The number of aliphatic carboxylic acids is 1. The molecule has 0 bridgehead atoms. The van der Waals surface area contributed by atoms with Gasteiger partial charge in [0.15, 0.2) is 11.5 Å². The maximum atomic E-state index is 11.0. The van der Waals surface area contributed by atoms with Crippen LogP contribution in [0.5, 0.6) is 17.2 Å². The number of methoxy groups -OCH3 is 3. The number of hydrogen-bond donors (Lipinski definition) is 1. The van der Waals surface area contributed by atoms with Crippen molar-refractivity contribution in [2.75, 3.05) is 28.4 Å². The molecule has 1 aromatic heterocycles. The van der Waals surface area contributed by atoms with Gasteiger partial charge in [0.25, 0.3) is 0 Å². The first-order valence-electron chi connectivity index (χ1n) is 7.47. The number of rotatable bonds is 8. The lowest BCUT2D eigenvalue weighted by Gasteiger charge is -2.18. The van der Waals surface area contributed by atoms with Crippen LogP contribution < -0.4 is 14.2 Å². The predicted molar refractivity (Wildman–Crippen MR) is 88.0 cm³/mol. The average Bonchev–Trinajstić information content (AvgIpc) is 3.07. The molecule has 0 radical (unpaired) electrons. The number of ether oxygens (including phenoxy) is 3. The van der Waals surface area contributed by atoms with Crippen molar-refractivity contribution in [3.05, 3.63) is 18.0 Å². The minimum Gasteiger partial charge on any atom is -0.493 e. The van der Waals surface area contributed by atoms with Crippen molar-refractivity contribution in [3.8, 4) is 28.6 Å². The lowest BCUT2D eigenvalue weighted by atomic mass is 10.1. The van der Waals surface area contributed by atoms with Crippen molar-refractivity contribution < 1.29 is 28.6 Å². The first kappa shape index (κ1) is 18.5. The monoisotopic (exact) mass is 351 g/mol. The lowest BCUT2D eigenvalue weighted by molar-refractivity contribution is -0.142. The summed E-state index contributed by atoms with van der Waals surface area (Å²) in [7, 11) is 6.23. The molecule has 1 heterocycles. The summed E-state index contributed by atoms with van der Waals surface area (Å²) in [5.41, 5.74) is 0.624. The molecule has 1 aromatic carbocycles. The quantitative estimate of drug-likeness (QED) is 0.759. The molecule has 1 N–H and O–H groups in total. The topological polar surface area (TPSA) is 107 Å². The molecule has 0 aliphatic rings. The number of likely N-dealkylation sites (N-methyl/N-ethyl adjacent to an activating group) is 1. The number of carboxylic acid groups (broad SMARTS) is 1. The molecular weight excluding hydrogens is 330 g/mol. The third-order valence-electron chi connectivity index (χ3n) is 3.79. The third-order valence-corrected chi connectivity index (χ3v) is 3.79. The van der Waals surface area contributed by atoms with Gasteiger partial charge in [-0.2, -0.15) is 4.98 Å². The Kier molecular flexibility index (Phi) is 5.81. The molecule has 0 amide bonds. The molecule has 2 aromatic rings. The van der Waals surface area contributed by atoms with E-state index >= 15 is 0 Å². The van der Waals surface area contributed by atoms with Gasteiger partial charge in [0, 0.05) is 5.56 Å². The maximum absolute atomic E-state index is 11.0. The Morgan fingerprint density at radius 2 is 1.84 bits per heavy atom. The molecule has 0 aliphatic carbocycles. The lowest BCUT2D eigenvalue weighted by Crippen LogP contribution is -2.35. The molecule has 0 saturated carbocycles. The number of carboxylic acids is 1. The molecule has 0 saturated heterocycles. The Balaban J connectivity index is 2.29. The molecule has 0 aliphatic heterocycles. The van der Waals surface area contributed by atoms with E-state index < -0.39 is 12.0 Å². The molecule has 9 nitrogen and oxygen atoms in total. The molecule has 0 fully saturated rings. The zero-order valence-corrected chi connectivity index (χ0v) is 14.8. The maximum Gasteiger partial charge on any atom is 0.320 e. The molecule has 0 spiro atoms. The van der Waals surface area contributed by atoms with Crippen molar-refractivity contribution in [1.82, 2.24) is 15.0 Å². The van der Waals surface area contributed by atoms with Crippen LogP contribution in [-0.2, 0) is 11.3 Å². The molecule has 25 heavy (non-hydrogen) atoms. The summed E-state index contributed by atoms with van der Waals surface area (Å²) >= 11 is 0. The Bertz CT molecular complexity index is 720. The Morgan fingerprint density at radius 1 is 1.24 bits per heavy atom. The fourth-order valence-corrected chi connectivity index (χ4v) is 2.19. The summed E-state index contributed by atoms with van der Waals surface area (Å²) in [6, 6.07) is 2.75. The van der Waals surface area contributed by atoms with Crippen LogP contribution in [0.15, 0.2) is 16.7 Å².